The molecule has 1 aliphatic heterocycles. The molecule has 2 nitrogen and oxygen atoms in total. The van der Waals surface area contributed by atoms with E-state index in [0.717, 1.165) is 42.5 Å². The Hall–Kier alpha value is -1.53. The fraction of sp³-hybridized carbons (Fsp3) is 0.368. The normalized spacial score (nSPS) is 16.8. The van der Waals surface area contributed by atoms with Gasteiger partial charge in [0, 0.05) is 11.0 Å². The zero-order valence-corrected chi connectivity index (χ0v) is 15.2. The highest BCUT2D eigenvalue weighted by molar-refractivity contribution is 9.10. The van der Waals surface area contributed by atoms with Gasteiger partial charge in [0.1, 0.15) is 5.75 Å². The maximum absolute atomic E-state index is 12.2. The highest BCUT2D eigenvalue weighted by Gasteiger charge is 2.31. The zero-order valence-electron chi connectivity index (χ0n) is 13.6. The molecule has 1 aliphatic rings. The van der Waals surface area contributed by atoms with Gasteiger partial charge in [0.05, 0.1) is 0 Å². The summed E-state index contributed by atoms with van der Waals surface area (Å²) in [6, 6.07) is 14.6. The second-order valence-corrected chi connectivity index (χ2v) is 7.21. The number of rotatable bonds is 4. The van der Waals surface area contributed by atoms with Crippen molar-refractivity contribution in [2.24, 2.45) is 0 Å². The fourth-order valence-electron chi connectivity index (χ4n) is 3.21. The summed E-state index contributed by atoms with van der Waals surface area (Å²) >= 11 is 3.44. The Labute approximate surface area is 153 Å². The number of alkyl halides is 3. The molecule has 0 amide bonds. The number of hydrogen-bond donors (Lipinski definition) is 0. The summed E-state index contributed by atoms with van der Waals surface area (Å²) in [5.74, 6) is 0.227. The van der Waals surface area contributed by atoms with Crippen LogP contribution in [0.2, 0.25) is 0 Å². The number of piperidine rings is 1. The minimum atomic E-state index is -4.64. The third kappa shape index (κ3) is 5.47. The minimum Gasteiger partial charge on any atom is -0.406 e. The van der Waals surface area contributed by atoms with Crippen LogP contribution in [0.25, 0.3) is 0 Å². The standard InChI is InChI=1S/C19H19BrF3NO/c20-17-5-1-14(2-6-17)13-24-11-9-16(10-12-24)15-3-7-18(8-4-15)25-19(21,22)23/h1-8,16H,9-13H2. The second-order valence-electron chi connectivity index (χ2n) is 6.29. The average Bonchev–Trinajstić information content (AvgIpc) is 2.57. The molecule has 2 aromatic carbocycles. The summed E-state index contributed by atoms with van der Waals surface area (Å²) in [5.41, 5.74) is 2.37. The molecule has 0 bridgehead atoms. The largest absolute Gasteiger partial charge is 0.573 e. The first-order valence-corrected chi connectivity index (χ1v) is 9.01. The van der Waals surface area contributed by atoms with Crippen molar-refractivity contribution in [3.05, 3.63) is 64.1 Å². The van der Waals surface area contributed by atoms with E-state index in [1.165, 1.54) is 17.7 Å². The lowest BCUT2D eigenvalue weighted by molar-refractivity contribution is -0.274. The van der Waals surface area contributed by atoms with E-state index in [-0.39, 0.29) is 5.75 Å². The number of ether oxygens (including phenoxy) is 1. The average molecular weight is 414 g/mol. The van der Waals surface area contributed by atoms with E-state index in [1.54, 1.807) is 12.1 Å². The third-order valence-corrected chi connectivity index (χ3v) is 5.02. The molecule has 0 spiro atoms. The highest BCUT2D eigenvalue weighted by Crippen LogP contribution is 2.31. The van der Waals surface area contributed by atoms with Crippen molar-refractivity contribution < 1.29 is 17.9 Å². The van der Waals surface area contributed by atoms with Crippen LogP contribution >= 0.6 is 15.9 Å². The number of likely N-dealkylation sites (tertiary alicyclic amines) is 1. The maximum Gasteiger partial charge on any atom is 0.573 e. The second kappa shape index (κ2) is 7.79. The zero-order chi connectivity index (χ0) is 17.9. The van der Waals surface area contributed by atoms with Crippen molar-refractivity contribution in [3.8, 4) is 5.75 Å². The number of benzene rings is 2. The molecule has 0 aromatic heterocycles. The van der Waals surface area contributed by atoms with Gasteiger partial charge in [0.2, 0.25) is 0 Å². The summed E-state index contributed by atoms with van der Waals surface area (Å²) in [5, 5.41) is 0. The van der Waals surface area contributed by atoms with E-state index < -0.39 is 6.36 Å². The van der Waals surface area contributed by atoms with E-state index in [4.69, 9.17) is 0 Å². The van der Waals surface area contributed by atoms with Crippen LogP contribution in [0.4, 0.5) is 13.2 Å². The maximum atomic E-state index is 12.2. The first-order chi connectivity index (χ1) is 11.9. The lowest BCUT2D eigenvalue weighted by atomic mass is 9.89. The molecule has 1 fully saturated rings. The molecule has 0 saturated carbocycles. The van der Waals surface area contributed by atoms with Crippen molar-refractivity contribution in [2.45, 2.75) is 31.7 Å². The first kappa shape index (κ1) is 18.3. The van der Waals surface area contributed by atoms with Crippen LogP contribution in [-0.4, -0.2) is 24.4 Å². The van der Waals surface area contributed by atoms with E-state index in [9.17, 15) is 13.2 Å². The molecule has 0 unspecified atom stereocenters. The van der Waals surface area contributed by atoms with Gasteiger partial charge in [-0.1, -0.05) is 40.2 Å². The lowest BCUT2D eigenvalue weighted by Crippen LogP contribution is -2.32. The Morgan fingerprint density at radius 2 is 1.56 bits per heavy atom. The van der Waals surface area contributed by atoms with Crippen LogP contribution in [-0.2, 0) is 6.54 Å². The van der Waals surface area contributed by atoms with Gasteiger partial charge >= 0.3 is 6.36 Å². The molecule has 0 aliphatic carbocycles. The van der Waals surface area contributed by atoms with Gasteiger partial charge in [-0.15, -0.1) is 13.2 Å². The smallest absolute Gasteiger partial charge is 0.406 e. The SMILES string of the molecule is FC(F)(F)Oc1ccc(C2CCN(Cc3ccc(Br)cc3)CC2)cc1. The Morgan fingerprint density at radius 3 is 2.12 bits per heavy atom. The Bertz CT molecular complexity index is 677. The van der Waals surface area contributed by atoms with Crippen molar-refractivity contribution in [1.29, 1.82) is 0 Å². The van der Waals surface area contributed by atoms with Crippen molar-refractivity contribution >= 4 is 15.9 Å². The molecule has 6 heteroatoms. The van der Waals surface area contributed by atoms with Crippen molar-refractivity contribution in [2.75, 3.05) is 13.1 Å². The lowest BCUT2D eigenvalue weighted by Gasteiger charge is -2.32. The van der Waals surface area contributed by atoms with E-state index >= 15 is 0 Å². The molecule has 2 aromatic rings. The molecular formula is C19H19BrF3NO. The summed E-state index contributed by atoms with van der Waals surface area (Å²) < 4.78 is 41.6. The summed E-state index contributed by atoms with van der Waals surface area (Å²) in [4.78, 5) is 2.42. The van der Waals surface area contributed by atoms with Gasteiger partial charge in [-0.05, 0) is 67.2 Å². The minimum absolute atomic E-state index is 0.163. The van der Waals surface area contributed by atoms with Crippen LogP contribution in [0, 0.1) is 0 Å². The van der Waals surface area contributed by atoms with Gasteiger partial charge in [-0.2, -0.15) is 0 Å². The monoisotopic (exact) mass is 413 g/mol. The topological polar surface area (TPSA) is 12.5 Å². The quantitative estimate of drug-likeness (QED) is 0.634. The van der Waals surface area contributed by atoms with Crippen LogP contribution in [0.3, 0.4) is 0 Å². The number of hydrogen-bond acceptors (Lipinski definition) is 2. The van der Waals surface area contributed by atoms with E-state index in [1.807, 2.05) is 12.1 Å². The Balaban J connectivity index is 1.52. The first-order valence-electron chi connectivity index (χ1n) is 8.21. The molecule has 3 rings (SSSR count). The molecular weight excluding hydrogens is 395 g/mol. The predicted octanol–water partition coefficient (Wildman–Crippen LogP) is 5.73. The summed E-state index contributed by atoms with van der Waals surface area (Å²) in [6.45, 7) is 2.90. The molecule has 0 radical (unpaired) electrons. The molecule has 0 N–H and O–H groups in total. The number of nitrogens with zero attached hydrogens (tertiary/aromatic N) is 1. The van der Waals surface area contributed by atoms with Crippen LogP contribution in [0.5, 0.6) is 5.75 Å². The third-order valence-electron chi connectivity index (χ3n) is 4.49. The van der Waals surface area contributed by atoms with Crippen molar-refractivity contribution in [3.63, 3.8) is 0 Å². The van der Waals surface area contributed by atoms with Gasteiger partial charge < -0.3 is 4.74 Å². The Morgan fingerprint density at radius 1 is 0.960 bits per heavy atom. The van der Waals surface area contributed by atoms with E-state index in [2.05, 4.69) is 37.7 Å². The molecule has 134 valence electrons. The summed E-state index contributed by atoms with van der Waals surface area (Å²) in [7, 11) is 0. The van der Waals surface area contributed by atoms with Gasteiger partial charge in [0.25, 0.3) is 0 Å². The van der Waals surface area contributed by atoms with Crippen LogP contribution in [0.15, 0.2) is 53.0 Å². The van der Waals surface area contributed by atoms with Crippen LogP contribution < -0.4 is 4.74 Å². The van der Waals surface area contributed by atoms with Gasteiger partial charge in [0.15, 0.2) is 0 Å². The van der Waals surface area contributed by atoms with Gasteiger partial charge in [-0.3, -0.25) is 4.90 Å². The van der Waals surface area contributed by atoms with Crippen LogP contribution in [0.1, 0.15) is 29.9 Å². The van der Waals surface area contributed by atoms with E-state index in [0.29, 0.717) is 5.92 Å². The summed E-state index contributed by atoms with van der Waals surface area (Å²) in [6.07, 6.45) is -2.62. The van der Waals surface area contributed by atoms with Gasteiger partial charge in [-0.25, -0.2) is 0 Å². The predicted molar refractivity (Wildman–Crippen MR) is 94.5 cm³/mol. The molecule has 1 saturated heterocycles. The fourth-order valence-corrected chi connectivity index (χ4v) is 3.48. The van der Waals surface area contributed by atoms with Crippen molar-refractivity contribution in [1.82, 2.24) is 4.90 Å². The molecule has 25 heavy (non-hydrogen) atoms. The molecule has 1 heterocycles. The number of halogens is 4. The Kier molecular flexibility index (Phi) is 5.69. The molecule has 0 atom stereocenters. The highest BCUT2D eigenvalue weighted by atomic mass is 79.9.